The molecule has 0 saturated heterocycles. The summed E-state index contributed by atoms with van der Waals surface area (Å²) in [5.74, 6) is -0.230. The number of carboxylic acid groups (broad SMARTS) is 1. The Morgan fingerprint density at radius 2 is 1.86 bits per heavy atom. The van der Waals surface area contributed by atoms with E-state index >= 15 is 0 Å². The minimum atomic E-state index is -1.10. The molecule has 6 nitrogen and oxygen atoms in total. The van der Waals surface area contributed by atoms with E-state index < -0.39 is 11.4 Å². The van der Waals surface area contributed by atoms with Crippen molar-refractivity contribution in [1.82, 2.24) is 0 Å². The number of rotatable bonds is 4. The number of nitrogens with zero attached hydrogens (tertiary/aromatic N) is 1. The molecule has 0 fully saturated rings. The van der Waals surface area contributed by atoms with Crippen molar-refractivity contribution in [3.8, 4) is 11.5 Å². The molecule has 1 N–H and O–H groups in total. The van der Waals surface area contributed by atoms with Crippen LogP contribution in [0.2, 0.25) is 5.02 Å². The molecule has 3 aromatic rings. The Balaban J connectivity index is 1.65. The Hall–Kier alpha value is -3.51. The zero-order valence-corrected chi connectivity index (χ0v) is 20.8. The summed E-state index contributed by atoms with van der Waals surface area (Å²) in [7, 11) is 1.41. The van der Waals surface area contributed by atoms with Gasteiger partial charge in [-0.25, -0.2) is 4.79 Å². The molecule has 7 heteroatoms. The first-order valence-electron chi connectivity index (χ1n) is 11.4. The summed E-state index contributed by atoms with van der Waals surface area (Å²) in [5.41, 5.74) is 2.73. The molecule has 0 aromatic heterocycles. The van der Waals surface area contributed by atoms with Gasteiger partial charge in [0, 0.05) is 11.1 Å². The second-order valence-corrected chi connectivity index (χ2v) is 10.2. The monoisotopic (exact) mass is 491 g/mol. The van der Waals surface area contributed by atoms with Crippen LogP contribution in [0.15, 0.2) is 54.6 Å². The predicted molar refractivity (Wildman–Crippen MR) is 134 cm³/mol. The van der Waals surface area contributed by atoms with Crippen LogP contribution in [0.25, 0.3) is 0 Å². The first kappa shape index (κ1) is 23.2. The van der Waals surface area contributed by atoms with Crippen molar-refractivity contribution in [2.45, 2.75) is 44.6 Å². The highest BCUT2D eigenvalue weighted by Gasteiger charge is 2.50. The highest BCUT2D eigenvalue weighted by atomic mass is 35.5. The Morgan fingerprint density at radius 3 is 2.57 bits per heavy atom. The zero-order chi connectivity index (χ0) is 25.1. The second kappa shape index (κ2) is 8.02. The number of carbonyl (C=O) groups excluding carboxylic acids is 1. The molecular weight excluding hydrogens is 466 g/mol. The Bertz CT molecular complexity index is 1380. The van der Waals surface area contributed by atoms with Crippen LogP contribution >= 0.6 is 11.6 Å². The average molecular weight is 492 g/mol. The fraction of sp³-hybridized carbons (Fsp3) is 0.286. The van der Waals surface area contributed by atoms with Gasteiger partial charge in [-0.05, 0) is 86.7 Å². The Kier molecular flexibility index (Phi) is 5.33. The standard InChI is InChI=1S/C28H26ClNO5/c1-27(2)12-11-16-13-17(5-10-23(16)35-27)28(3)21-14-18(29)6-9-22(21)30(26(28)33)19-7-8-20(25(31)32)24(15-19)34-4/h5-10,13-15H,11-12H2,1-4H3,(H,31,32)/t28-/m0/s1. The van der Waals surface area contributed by atoms with Crippen molar-refractivity contribution < 1.29 is 24.2 Å². The molecule has 2 aliphatic heterocycles. The van der Waals surface area contributed by atoms with Crippen LogP contribution in [0.5, 0.6) is 11.5 Å². The number of amides is 1. The smallest absolute Gasteiger partial charge is 0.339 e. The lowest BCUT2D eigenvalue weighted by molar-refractivity contribution is -0.120. The lowest BCUT2D eigenvalue weighted by Gasteiger charge is -2.34. The summed E-state index contributed by atoms with van der Waals surface area (Å²) in [6, 6.07) is 16.0. The van der Waals surface area contributed by atoms with Gasteiger partial charge < -0.3 is 14.6 Å². The van der Waals surface area contributed by atoms with Crippen molar-refractivity contribution in [3.63, 3.8) is 0 Å². The van der Waals surface area contributed by atoms with Crippen LogP contribution in [0.1, 0.15) is 54.2 Å². The normalized spacial score (nSPS) is 20.1. The summed E-state index contributed by atoms with van der Waals surface area (Å²) in [6.07, 6.45) is 1.75. The van der Waals surface area contributed by atoms with Crippen LogP contribution in [0.3, 0.4) is 0 Å². The highest BCUT2D eigenvalue weighted by molar-refractivity contribution is 6.31. The van der Waals surface area contributed by atoms with E-state index in [1.54, 1.807) is 23.1 Å². The third-order valence-corrected chi connectivity index (χ3v) is 7.30. The zero-order valence-electron chi connectivity index (χ0n) is 20.0. The maximum absolute atomic E-state index is 14.2. The van der Waals surface area contributed by atoms with Gasteiger partial charge in [0.2, 0.25) is 5.91 Å². The molecule has 2 aliphatic rings. The van der Waals surface area contributed by atoms with Gasteiger partial charge in [0.05, 0.1) is 23.9 Å². The van der Waals surface area contributed by atoms with Gasteiger partial charge in [0.25, 0.3) is 0 Å². The van der Waals surface area contributed by atoms with E-state index in [-0.39, 0.29) is 22.8 Å². The lowest BCUT2D eigenvalue weighted by atomic mass is 9.76. The third kappa shape index (κ3) is 3.64. The van der Waals surface area contributed by atoms with Gasteiger partial charge >= 0.3 is 5.97 Å². The average Bonchev–Trinajstić information content (AvgIpc) is 3.04. The van der Waals surface area contributed by atoms with E-state index in [1.165, 1.54) is 13.2 Å². The summed E-state index contributed by atoms with van der Waals surface area (Å²) in [5, 5.41) is 10.0. The fourth-order valence-electron chi connectivity index (χ4n) is 5.05. The van der Waals surface area contributed by atoms with Crippen molar-refractivity contribution in [1.29, 1.82) is 0 Å². The van der Waals surface area contributed by atoms with Gasteiger partial charge in [-0.1, -0.05) is 23.7 Å². The summed E-state index contributed by atoms with van der Waals surface area (Å²) < 4.78 is 11.5. The number of hydrogen-bond acceptors (Lipinski definition) is 4. The number of carboxylic acids is 1. The first-order valence-corrected chi connectivity index (χ1v) is 11.8. The second-order valence-electron chi connectivity index (χ2n) is 9.80. The number of hydrogen-bond donors (Lipinski definition) is 1. The van der Waals surface area contributed by atoms with Crippen molar-refractivity contribution in [2.24, 2.45) is 0 Å². The molecule has 0 bridgehead atoms. The number of anilines is 2. The van der Waals surface area contributed by atoms with E-state index in [2.05, 4.69) is 19.9 Å². The number of benzene rings is 3. The fourth-order valence-corrected chi connectivity index (χ4v) is 5.22. The summed E-state index contributed by atoms with van der Waals surface area (Å²) in [4.78, 5) is 27.4. The van der Waals surface area contributed by atoms with Gasteiger partial charge in [0.1, 0.15) is 22.7 Å². The van der Waals surface area contributed by atoms with E-state index in [1.807, 2.05) is 31.2 Å². The topological polar surface area (TPSA) is 76.1 Å². The van der Waals surface area contributed by atoms with E-state index in [4.69, 9.17) is 21.1 Å². The largest absolute Gasteiger partial charge is 0.496 e. The first-order chi connectivity index (χ1) is 16.5. The Morgan fingerprint density at radius 1 is 1.09 bits per heavy atom. The summed E-state index contributed by atoms with van der Waals surface area (Å²) in [6.45, 7) is 6.06. The number of methoxy groups -OCH3 is 1. The van der Waals surface area contributed by atoms with Gasteiger partial charge in [-0.15, -0.1) is 0 Å². The highest BCUT2D eigenvalue weighted by Crippen LogP contribution is 2.51. The summed E-state index contributed by atoms with van der Waals surface area (Å²) >= 11 is 6.39. The van der Waals surface area contributed by atoms with Crippen LogP contribution < -0.4 is 14.4 Å². The molecule has 0 spiro atoms. The predicted octanol–water partition coefficient (Wildman–Crippen LogP) is 6.13. The Labute approximate surface area is 209 Å². The minimum Gasteiger partial charge on any atom is -0.496 e. The molecule has 0 aliphatic carbocycles. The maximum atomic E-state index is 14.2. The molecule has 0 unspecified atom stereocenters. The molecular formula is C28H26ClNO5. The third-order valence-electron chi connectivity index (χ3n) is 7.06. The molecule has 1 amide bonds. The molecule has 35 heavy (non-hydrogen) atoms. The SMILES string of the molecule is COc1cc(N2C(=O)[C@@](C)(c3ccc4c(c3)CCC(C)(C)O4)c3cc(Cl)ccc32)ccc1C(=O)O. The van der Waals surface area contributed by atoms with E-state index in [0.717, 1.165) is 35.3 Å². The van der Waals surface area contributed by atoms with Crippen LogP contribution in [0, 0.1) is 0 Å². The van der Waals surface area contributed by atoms with E-state index in [9.17, 15) is 14.7 Å². The van der Waals surface area contributed by atoms with Crippen LogP contribution in [-0.4, -0.2) is 29.7 Å². The van der Waals surface area contributed by atoms with Gasteiger partial charge in [-0.3, -0.25) is 9.69 Å². The van der Waals surface area contributed by atoms with Crippen molar-refractivity contribution in [3.05, 3.63) is 81.9 Å². The molecule has 5 rings (SSSR count). The number of aryl methyl sites for hydroxylation is 1. The molecule has 0 saturated carbocycles. The molecule has 0 radical (unpaired) electrons. The van der Waals surface area contributed by atoms with Gasteiger partial charge in [-0.2, -0.15) is 0 Å². The number of halogens is 1. The van der Waals surface area contributed by atoms with Crippen LogP contribution in [0.4, 0.5) is 11.4 Å². The molecule has 2 heterocycles. The number of fused-ring (bicyclic) bond motifs is 2. The molecule has 1 atom stereocenters. The van der Waals surface area contributed by atoms with E-state index in [0.29, 0.717) is 16.4 Å². The lowest BCUT2D eigenvalue weighted by Crippen LogP contribution is -2.37. The molecule has 3 aromatic carbocycles. The minimum absolute atomic E-state index is 0.0274. The maximum Gasteiger partial charge on any atom is 0.339 e. The number of carbonyl (C=O) groups is 2. The molecule has 180 valence electrons. The van der Waals surface area contributed by atoms with Crippen molar-refractivity contribution >= 4 is 34.9 Å². The number of aromatic carboxylic acids is 1. The number of ether oxygens (including phenoxy) is 2. The van der Waals surface area contributed by atoms with Gasteiger partial charge in [0.15, 0.2) is 0 Å². The van der Waals surface area contributed by atoms with Crippen LogP contribution in [-0.2, 0) is 16.6 Å². The quantitative estimate of drug-likeness (QED) is 0.474. The van der Waals surface area contributed by atoms with Crippen molar-refractivity contribution in [2.75, 3.05) is 12.0 Å².